The van der Waals surface area contributed by atoms with E-state index in [1.807, 2.05) is 30.3 Å². The standard InChI is InChI=1S/C22H13Cl3O3/c23-14-9-10-19-15(11-14)20(26)22(21(28-19)13-5-2-1-3-6-13)27-12-16-17(24)7-4-8-18(16)25/h1-11H,12H2. The minimum absolute atomic E-state index is 0.0230. The Morgan fingerprint density at radius 3 is 2.29 bits per heavy atom. The summed E-state index contributed by atoms with van der Waals surface area (Å²) in [7, 11) is 0. The molecule has 0 fully saturated rings. The lowest BCUT2D eigenvalue weighted by Crippen LogP contribution is -2.10. The molecule has 140 valence electrons. The molecule has 4 rings (SSSR count). The van der Waals surface area contributed by atoms with Crippen molar-refractivity contribution in [3.8, 4) is 17.1 Å². The van der Waals surface area contributed by atoms with Crippen molar-refractivity contribution < 1.29 is 9.15 Å². The lowest BCUT2D eigenvalue weighted by Gasteiger charge is -2.13. The maximum Gasteiger partial charge on any atom is 0.235 e. The summed E-state index contributed by atoms with van der Waals surface area (Å²) in [4.78, 5) is 13.2. The van der Waals surface area contributed by atoms with Gasteiger partial charge in [0, 0.05) is 26.2 Å². The highest BCUT2D eigenvalue weighted by Gasteiger charge is 2.19. The number of hydrogen-bond donors (Lipinski definition) is 0. The molecule has 0 saturated heterocycles. The van der Waals surface area contributed by atoms with Crippen LogP contribution in [0.25, 0.3) is 22.3 Å². The van der Waals surface area contributed by atoms with E-state index in [4.69, 9.17) is 44.0 Å². The Balaban J connectivity index is 1.87. The summed E-state index contributed by atoms with van der Waals surface area (Å²) in [6.07, 6.45) is 0. The molecule has 0 N–H and O–H groups in total. The first-order valence-corrected chi connectivity index (χ1v) is 9.55. The van der Waals surface area contributed by atoms with E-state index in [0.29, 0.717) is 37.4 Å². The molecule has 0 spiro atoms. The van der Waals surface area contributed by atoms with Crippen molar-refractivity contribution in [3.63, 3.8) is 0 Å². The molecule has 3 nitrogen and oxygen atoms in total. The average Bonchev–Trinajstić information content (AvgIpc) is 2.70. The molecule has 1 heterocycles. The molecule has 6 heteroatoms. The Bertz CT molecular complexity index is 1200. The van der Waals surface area contributed by atoms with Crippen molar-refractivity contribution in [3.05, 3.63) is 97.6 Å². The van der Waals surface area contributed by atoms with Crippen LogP contribution in [0.3, 0.4) is 0 Å². The maximum atomic E-state index is 13.2. The predicted octanol–water partition coefficient (Wildman–Crippen LogP) is 7.00. The Morgan fingerprint density at radius 2 is 1.57 bits per heavy atom. The first kappa shape index (κ1) is 18.9. The second-order valence-corrected chi connectivity index (χ2v) is 7.34. The van der Waals surface area contributed by atoms with Gasteiger partial charge in [0.25, 0.3) is 0 Å². The van der Waals surface area contributed by atoms with Gasteiger partial charge in [-0.1, -0.05) is 71.2 Å². The molecule has 0 aliphatic carbocycles. The van der Waals surface area contributed by atoms with Crippen molar-refractivity contribution in [2.75, 3.05) is 0 Å². The molecule has 0 aliphatic rings. The van der Waals surface area contributed by atoms with E-state index >= 15 is 0 Å². The van der Waals surface area contributed by atoms with Crippen LogP contribution in [-0.2, 0) is 6.61 Å². The number of fused-ring (bicyclic) bond motifs is 1. The van der Waals surface area contributed by atoms with E-state index in [-0.39, 0.29) is 17.8 Å². The summed E-state index contributed by atoms with van der Waals surface area (Å²) >= 11 is 18.5. The number of benzene rings is 3. The van der Waals surface area contributed by atoms with Gasteiger partial charge in [0.1, 0.15) is 12.2 Å². The van der Waals surface area contributed by atoms with Crippen LogP contribution in [-0.4, -0.2) is 0 Å². The van der Waals surface area contributed by atoms with E-state index < -0.39 is 0 Å². The molecule has 1 aromatic heterocycles. The van der Waals surface area contributed by atoms with E-state index in [1.54, 1.807) is 36.4 Å². The van der Waals surface area contributed by atoms with Gasteiger partial charge in [-0.2, -0.15) is 0 Å². The van der Waals surface area contributed by atoms with Crippen molar-refractivity contribution >= 4 is 45.8 Å². The van der Waals surface area contributed by atoms with E-state index in [0.717, 1.165) is 5.56 Å². The van der Waals surface area contributed by atoms with Crippen LogP contribution < -0.4 is 10.2 Å². The van der Waals surface area contributed by atoms with Crippen LogP contribution in [0.2, 0.25) is 15.1 Å². The lowest BCUT2D eigenvalue weighted by molar-refractivity contribution is 0.298. The van der Waals surface area contributed by atoms with Gasteiger partial charge in [0.2, 0.25) is 11.2 Å². The van der Waals surface area contributed by atoms with Gasteiger partial charge < -0.3 is 9.15 Å². The molecule has 0 bridgehead atoms. The van der Waals surface area contributed by atoms with Crippen LogP contribution >= 0.6 is 34.8 Å². The summed E-state index contributed by atoms with van der Waals surface area (Å²) in [6.45, 7) is 0.0230. The summed E-state index contributed by atoms with van der Waals surface area (Å²) in [5, 5.41) is 1.70. The van der Waals surface area contributed by atoms with Crippen molar-refractivity contribution in [2.45, 2.75) is 6.61 Å². The van der Waals surface area contributed by atoms with Crippen molar-refractivity contribution in [1.29, 1.82) is 0 Å². The van der Waals surface area contributed by atoms with Gasteiger partial charge in [0.05, 0.1) is 5.39 Å². The Hall–Kier alpha value is -2.46. The first-order chi connectivity index (χ1) is 13.5. The maximum absolute atomic E-state index is 13.2. The fourth-order valence-electron chi connectivity index (χ4n) is 2.88. The van der Waals surface area contributed by atoms with E-state index in [9.17, 15) is 4.79 Å². The zero-order valence-electron chi connectivity index (χ0n) is 14.4. The summed E-state index contributed by atoms with van der Waals surface area (Å²) in [5.41, 5.74) is 1.43. The summed E-state index contributed by atoms with van der Waals surface area (Å²) in [6, 6.07) is 19.4. The quantitative estimate of drug-likeness (QED) is 0.349. The average molecular weight is 432 g/mol. The van der Waals surface area contributed by atoms with Crippen LogP contribution in [0, 0.1) is 0 Å². The molecule has 0 radical (unpaired) electrons. The molecule has 28 heavy (non-hydrogen) atoms. The molecule has 0 aliphatic heterocycles. The number of hydrogen-bond acceptors (Lipinski definition) is 3. The molecule has 4 aromatic rings. The van der Waals surface area contributed by atoms with Gasteiger partial charge in [-0.25, -0.2) is 0 Å². The lowest BCUT2D eigenvalue weighted by atomic mass is 10.1. The Labute approximate surface area is 176 Å². The van der Waals surface area contributed by atoms with Gasteiger partial charge in [-0.3, -0.25) is 4.79 Å². The summed E-state index contributed by atoms with van der Waals surface area (Å²) < 4.78 is 11.9. The van der Waals surface area contributed by atoms with E-state index in [1.165, 1.54) is 0 Å². The van der Waals surface area contributed by atoms with Gasteiger partial charge in [-0.15, -0.1) is 0 Å². The number of rotatable bonds is 4. The topological polar surface area (TPSA) is 39.4 Å². The van der Waals surface area contributed by atoms with Gasteiger partial charge >= 0.3 is 0 Å². The zero-order valence-corrected chi connectivity index (χ0v) is 16.7. The molecule has 0 unspecified atom stereocenters. The molecular formula is C22H13Cl3O3. The highest BCUT2D eigenvalue weighted by molar-refractivity contribution is 6.36. The van der Waals surface area contributed by atoms with Crippen LogP contribution in [0.15, 0.2) is 75.9 Å². The fourth-order valence-corrected chi connectivity index (χ4v) is 3.55. The third-order valence-corrected chi connectivity index (χ3v) is 5.21. The van der Waals surface area contributed by atoms with Crippen LogP contribution in [0.1, 0.15) is 5.56 Å². The fraction of sp³-hybridized carbons (Fsp3) is 0.0455. The SMILES string of the molecule is O=c1c(OCc2c(Cl)cccc2Cl)c(-c2ccccc2)oc2ccc(Cl)cc12. The molecule has 0 saturated carbocycles. The predicted molar refractivity (Wildman–Crippen MR) is 114 cm³/mol. The second-order valence-electron chi connectivity index (χ2n) is 6.08. The molecular weight excluding hydrogens is 419 g/mol. The van der Waals surface area contributed by atoms with Gasteiger partial charge in [-0.05, 0) is 30.3 Å². The third-order valence-electron chi connectivity index (χ3n) is 4.27. The smallest absolute Gasteiger partial charge is 0.235 e. The molecule has 3 aromatic carbocycles. The number of halogens is 3. The first-order valence-electron chi connectivity index (χ1n) is 8.42. The molecule has 0 amide bonds. The van der Waals surface area contributed by atoms with Crippen LogP contribution in [0.5, 0.6) is 5.75 Å². The second kappa shape index (κ2) is 7.88. The minimum Gasteiger partial charge on any atom is -0.481 e. The van der Waals surface area contributed by atoms with E-state index in [2.05, 4.69) is 0 Å². The molecule has 0 atom stereocenters. The van der Waals surface area contributed by atoms with Crippen molar-refractivity contribution in [2.24, 2.45) is 0 Å². The van der Waals surface area contributed by atoms with Crippen molar-refractivity contribution in [1.82, 2.24) is 0 Å². The Kier molecular flexibility index (Phi) is 5.31. The van der Waals surface area contributed by atoms with Gasteiger partial charge in [0.15, 0.2) is 5.76 Å². The van der Waals surface area contributed by atoms with Crippen LogP contribution in [0.4, 0.5) is 0 Å². The highest BCUT2D eigenvalue weighted by atomic mass is 35.5. The summed E-state index contributed by atoms with van der Waals surface area (Å²) in [5.74, 6) is 0.417. The third kappa shape index (κ3) is 3.61. The number of ether oxygens (including phenoxy) is 1. The normalized spacial score (nSPS) is 11.0. The minimum atomic E-state index is -0.314. The largest absolute Gasteiger partial charge is 0.481 e. The highest BCUT2D eigenvalue weighted by Crippen LogP contribution is 2.33. The Morgan fingerprint density at radius 1 is 0.857 bits per heavy atom. The zero-order chi connectivity index (χ0) is 19.7. The monoisotopic (exact) mass is 430 g/mol.